The van der Waals surface area contributed by atoms with Gasteiger partial charge in [-0.3, -0.25) is 0 Å². The summed E-state index contributed by atoms with van der Waals surface area (Å²) in [4.78, 5) is 0. The Morgan fingerprint density at radius 3 is 1.88 bits per heavy atom. The van der Waals surface area contributed by atoms with E-state index in [2.05, 4.69) is 6.92 Å². The van der Waals surface area contributed by atoms with Gasteiger partial charge in [0.2, 0.25) is 0 Å². The van der Waals surface area contributed by atoms with Crippen molar-refractivity contribution in [2.45, 2.75) is 64.7 Å². The first-order valence-electron chi connectivity index (χ1n) is 7.11. The summed E-state index contributed by atoms with van der Waals surface area (Å²) in [5.74, 6) is 0.365. The van der Waals surface area contributed by atoms with Crippen LogP contribution in [0.1, 0.15) is 63.9 Å². The molecule has 0 atom stereocenters. The lowest BCUT2D eigenvalue weighted by atomic mass is 10.0. The topological polar surface area (TPSA) is 20.2 Å². The lowest BCUT2D eigenvalue weighted by molar-refractivity contribution is 0.475. The van der Waals surface area contributed by atoms with E-state index in [4.69, 9.17) is 5.11 Å². The molecule has 0 heterocycles. The molecule has 0 spiro atoms. The van der Waals surface area contributed by atoms with Crippen LogP contribution < -0.4 is 0 Å². The zero-order valence-electron chi connectivity index (χ0n) is 11.1. The molecule has 0 saturated carbocycles. The van der Waals surface area contributed by atoms with Crippen molar-refractivity contribution < 1.29 is 5.11 Å². The van der Waals surface area contributed by atoms with Crippen LogP contribution in [-0.2, 0) is 6.42 Å². The Hall–Kier alpha value is -0.980. The van der Waals surface area contributed by atoms with Crippen LogP contribution in [0.2, 0.25) is 0 Å². The molecular formula is C16H26O. The highest BCUT2D eigenvalue weighted by Crippen LogP contribution is 2.14. The molecule has 0 aliphatic rings. The summed E-state index contributed by atoms with van der Waals surface area (Å²) < 4.78 is 0. The second-order valence-electron chi connectivity index (χ2n) is 4.89. The third kappa shape index (κ3) is 7.04. The van der Waals surface area contributed by atoms with Crippen LogP contribution in [0.3, 0.4) is 0 Å². The van der Waals surface area contributed by atoms with Gasteiger partial charge in [0, 0.05) is 0 Å². The molecule has 0 amide bonds. The molecule has 1 N–H and O–H groups in total. The molecule has 17 heavy (non-hydrogen) atoms. The van der Waals surface area contributed by atoms with Crippen molar-refractivity contribution in [3.05, 3.63) is 29.8 Å². The van der Waals surface area contributed by atoms with Crippen molar-refractivity contribution in [1.82, 2.24) is 0 Å². The average Bonchev–Trinajstić information content (AvgIpc) is 2.35. The fourth-order valence-electron chi connectivity index (χ4n) is 2.13. The van der Waals surface area contributed by atoms with E-state index in [0.717, 1.165) is 6.42 Å². The normalized spacial score (nSPS) is 10.6. The smallest absolute Gasteiger partial charge is 0.115 e. The summed E-state index contributed by atoms with van der Waals surface area (Å²) in [5.41, 5.74) is 1.34. The Labute approximate surface area is 106 Å². The Bertz CT molecular complexity index is 276. The second kappa shape index (κ2) is 9.09. The van der Waals surface area contributed by atoms with Gasteiger partial charge in [-0.1, -0.05) is 64.0 Å². The van der Waals surface area contributed by atoms with Gasteiger partial charge in [0.15, 0.2) is 0 Å². The number of aryl methyl sites for hydroxylation is 1. The van der Waals surface area contributed by atoms with Gasteiger partial charge in [0.05, 0.1) is 0 Å². The Morgan fingerprint density at radius 2 is 1.29 bits per heavy atom. The molecule has 0 bridgehead atoms. The van der Waals surface area contributed by atoms with Crippen LogP contribution in [0.25, 0.3) is 0 Å². The van der Waals surface area contributed by atoms with Crippen LogP contribution >= 0.6 is 0 Å². The van der Waals surface area contributed by atoms with Crippen molar-refractivity contribution in [1.29, 1.82) is 0 Å². The highest BCUT2D eigenvalue weighted by molar-refractivity contribution is 5.25. The molecule has 0 fully saturated rings. The van der Waals surface area contributed by atoms with Crippen molar-refractivity contribution in [3.8, 4) is 5.75 Å². The molecule has 0 unspecified atom stereocenters. The minimum absolute atomic E-state index is 0.365. The van der Waals surface area contributed by atoms with E-state index in [1.165, 1.54) is 56.9 Å². The number of hydrogen-bond acceptors (Lipinski definition) is 1. The van der Waals surface area contributed by atoms with E-state index in [9.17, 15) is 0 Å². The van der Waals surface area contributed by atoms with Gasteiger partial charge in [-0.25, -0.2) is 0 Å². The average molecular weight is 234 g/mol. The fraction of sp³-hybridized carbons (Fsp3) is 0.625. The third-order valence-electron chi connectivity index (χ3n) is 3.26. The Morgan fingerprint density at radius 1 is 0.765 bits per heavy atom. The predicted molar refractivity (Wildman–Crippen MR) is 74.4 cm³/mol. The summed E-state index contributed by atoms with van der Waals surface area (Å²) >= 11 is 0. The number of benzene rings is 1. The molecule has 0 aliphatic carbocycles. The second-order valence-corrected chi connectivity index (χ2v) is 4.89. The SMILES string of the molecule is CCCCCCCCCCc1ccc(O)cc1. The van der Waals surface area contributed by atoms with Crippen molar-refractivity contribution in [2.75, 3.05) is 0 Å². The van der Waals surface area contributed by atoms with E-state index in [0.29, 0.717) is 5.75 Å². The van der Waals surface area contributed by atoms with Crippen molar-refractivity contribution in [2.24, 2.45) is 0 Å². The van der Waals surface area contributed by atoms with E-state index in [1.54, 1.807) is 12.1 Å². The van der Waals surface area contributed by atoms with Crippen LogP contribution in [0.5, 0.6) is 5.75 Å². The van der Waals surface area contributed by atoms with Crippen molar-refractivity contribution >= 4 is 0 Å². The highest BCUT2D eigenvalue weighted by atomic mass is 16.3. The van der Waals surface area contributed by atoms with Gasteiger partial charge in [0.25, 0.3) is 0 Å². The molecule has 1 nitrogen and oxygen atoms in total. The van der Waals surface area contributed by atoms with E-state index >= 15 is 0 Å². The number of aromatic hydroxyl groups is 1. The minimum Gasteiger partial charge on any atom is -0.508 e. The van der Waals surface area contributed by atoms with Crippen LogP contribution in [0.15, 0.2) is 24.3 Å². The lowest BCUT2D eigenvalue weighted by Gasteiger charge is -2.02. The van der Waals surface area contributed by atoms with Crippen LogP contribution in [0.4, 0.5) is 0 Å². The number of rotatable bonds is 9. The quantitative estimate of drug-likeness (QED) is 0.591. The number of phenols is 1. The maximum Gasteiger partial charge on any atom is 0.115 e. The maximum atomic E-state index is 9.17. The summed E-state index contributed by atoms with van der Waals surface area (Å²) in [7, 11) is 0. The monoisotopic (exact) mass is 234 g/mol. The molecule has 0 radical (unpaired) electrons. The summed E-state index contributed by atoms with van der Waals surface area (Å²) in [6.07, 6.45) is 12.1. The van der Waals surface area contributed by atoms with Crippen LogP contribution in [-0.4, -0.2) is 5.11 Å². The highest BCUT2D eigenvalue weighted by Gasteiger charge is 1.95. The molecule has 96 valence electrons. The molecule has 0 aromatic heterocycles. The Balaban J connectivity index is 1.95. The van der Waals surface area contributed by atoms with Gasteiger partial charge in [-0.2, -0.15) is 0 Å². The minimum atomic E-state index is 0.365. The first-order valence-corrected chi connectivity index (χ1v) is 7.11. The van der Waals surface area contributed by atoms with Crippen LogP contribution in [0, 0.1) is 0 Å². The molecule has 1 aromatic rings. The van der Waals surface area contributed by atoms with Crippen molar-refractivity contribution in [3.63, 3.8) is 0 Å². The first-order chi connectivity index (χ1) is 8.33. The van der Waals surface area contributed by atoms with E-state index < -0.39 is 0 Å². The third-order valence-corrected chi connectivity index (χ3v) is 3.26. The molecular weight excluding hydrogens is 208 g/mol. The standard InChI is InChI=1S/C16H26O/c1-2-3-4-5-6-7-8-9-10-15-11-13-16(17)14-12-15/h11-14,17H,2-10H2,1H3. The maximum absolute atomic E-state index is 9.17. The fourth-order valence-corrected chi connectivity index (χ4v) is 2.13. The molecule has 0 aliphatic heterocycles. The summed E-state index contributed by atoms with van der Waals surface area (Å²) in [5, 5.41) is 9.17. The van der Waals surface area contributed by atoms with Gasteiger partial charge in [-0.15, -0.1) is 0 Å². The summed E-state index contributed by atoms with van der Waals surface area (Å²) in [6, 6.07) is 7.60. The number of phenolic OH excluding ortho intramolecular Hbond substituents is 1. The van der Waals surface area contributed by atoms with E-state index in [-0.39, 0.29) is 0 Å². The largest absolute Gasteiger partial charge is 0.508 e. The zero-order valence-corrected chi connectivity index (χ0v) is 11.1. The van der Waals surface area contributed by atoms with Gasteiger partial charge >= 0.3 is 0 Å². The Kier molecular flexibility index (Phi) is 7.53. The van der Waals surface area contributed by atoms with Gasteiger partial charge in [-0.05, 0) is 30.5 Å². The lowest BCUT2D eigenvalue weighted by Crippen LogP contribution is -1.86. The predicted octanol–water partition coefficient (Wildman–Crippen LogP) is 5.08. The number of unbranched alkanes of at least 4 members (excludes halogenated alkanes) is 7. The van der Waals surface area contributed by atoms with E-state index in [1.807, 2.05) is 12.1 Å². The van der Waals surface area contributed by atoms with Gasteiger partial charge < -0.3 is 5.11 Å². The zero-order chi connectivity index (χ0) is 12.3. The summed E-state index contributed by atoms with van der Waals surface area (Å²) in [6.45, 7) is 2.26. The first kappa shape index (κ1) is 14.1. The number of hydrogen-bond donors (Lipinski definition) is 1. The molecule has 1 aromatic carbocycles. The molecule has 1 rings (SSSR count). The molecule has 1 heteroatoms. The molecule has 0 saturated heterocycles. The van der Waals surface area contributed by atoms with Gasteiger partial charge in [0.1, 0.15) is 5.75 Å².